The van der Waals surface area contributed by atoms with Crippen molar-refractivity contribution in [2.24, 2.45) is 10.3 Å². The van der Waals surface area contributed by atoms with Crippen molar-refractivity contribution in [1.29, 1.82) is 0 Å². The molecule has 0 unspecified atom stereocenters. The van der Waals surface area contributed by atoms with Gasteiger partial charge in [0.25, 0.3) is 10.2 Å². The molecule has 0 aliphatic heterocycles. The summed E-state index contributed by atoms with van der Waals surface area (Å²) < 4.78 is 18.4. The third-order valence-corrected chi connectivity index (χ3v) is 1.37. The minimum atomic E-state index is -3.67. The van der Waals surface area contributed by atoms with Crippen LogP contribution in [-0.4, -0.2) is 8.42 Å². The molecule has 4 N–H and O–H groups in total. The molecule has 6 heteroatoms. The fraction of sp³-hybridized carbons (Fsp3) is 0.143. The van der Waals surface area contributed by atoms with Crippen molar-refractivity contribution in [3.05, 3.63) is 35.4 Å². The average molecular weight is 210 g/mol. The summed E-state index contributed by atoms with van der Waals surface area (Å²) in [6.07, 6.45) is 1.24. The van der Waals surface area contributed by atoms with Crippen LogP contribution in [0.3, 0.4) is 0 Å². The molecule has 0 bridgehead atoms. The number of benzene rings is 1. The van der Waals surface area contributed by atoms with E-state index in [0.717, 1.165) is 0 Å². The quantitative estimate of drug-likeness (QED) is 0.450. The van der Waals surface area contributed by atoms with Crippen molar-refractivity contribution in [1.82, 2.24) is 0 Å². The molecule has 2 rings (SSSR count). The van der Waals surface area contributed by atoms with E-state index in [1.807, 2.05) is 0 Å². The molecule has 0 saturated carbocycles. The smallest absolute Gasteiger partial charge is 1.00 e. The molecule has 0 spiro atoms. The van der Waals surface area contributed by atoms with Crippen LogP contribution >= 0.6 is 0 Å². The van der Waals surface area contributed by atoms with E-state index in [9.17, 15) is 8.42 Å². The average Bonchev–Trinajstić information content (AvgIpc) is 2.59. The van der Waals surface area contributed by atoms with Gasteiger partial charge < -0.3 is 1.43 Å². The van der Waals surface area contributed by atoms with Gasteiger partial charge >= 0.3 is 29.6 Å². The molecule has 68 valence electrons. The van der Waals surface area contributed by atoms with Gasteiger partial charge in [0.15, 0.2) is 0 Å². The van der Waals surface area contributed by atoms with Crippen LogP contribution in [0.2, 0.25) is 0 Å². The van der Waals surface area contributed by atoms with Gasteiger partial charge in [0, 0.05) is 0 Å². The summed E-state index contributed by atoms with van der Waals surface area (Å²) in [7, 11) is -3.67. The van der Waals surface area contributed by atoms with Gasteiger partial charge in [-0.2, -0.15) is 8.42 Å². The Balaban J connectivity index is 0. The zero-order valence-corrected chi connectivity index (χ0v) is 10.2. The summed E-state index contributed by atoms with van der Waals surface area (Å²) in [4.78, 5) is 0. The molecule has 0 radical (unpaired) electrons. The molecular formula is C7H11N2NaO2S. The SMILES string of the molecule is NS(N)(=O)=O.[H-].[Na+].c1ccc2c(c1)C2. The number of rotatable bonds is 0. The topological polar surface area (TPSA) is 86.2 Å². The summed E-state index contributed by atoms with van der Waals surface area (Å²) >= 11 is 0. The van der Waals surface area contributed by atoms with Crippen LogP contribution < -0.4 is 39.8 Å². The Morgan fingerprint density at radius 3 is 1.69 bits per heavy atom. The normalized spacial score (nSPS) is 11.5. The van der Waals surface area contributed by atoms with Crippen LogP contribution in [0.15, 0.2) is 24.3 Å². The second-order valence-corrected chi connectivity index (χ2v) is 3.71. The van der Waals surface area contributed by atoms with Gasteiger partial charge in [-0.1, -0.05) is 24.3 Å². The Hall–Kier alpha value is 0.0900. The molecule has 13 heavy (non-hydrogen) atoms. The summed E-state index contributed by atoms with van der Waals surface area (Å²) in [5.41, 5.74) is 3.06. The van der Waals surface area contributed by atoms with E-state index in [1.165, 1.54) is 17.5 Å². The van der Waals surface area contributed by atoms with Gasteiger partial charge in [0.05, 0.1) is 0 Å². The van der Waals surface area contributed by atoms with Gasteiger partial charge in [-0.3, -0.25) is 0 Å². The Bertz CT molecular complexity index is 354. The molecule has 0 aromatic heterocycles. The largest absolute Gasteiger partial charge is 1.00 e. The molecule has 0 heterocycles. The molecular weight excluding hydrogens is 199 g/mol. The molecule has 4 nitrogen and oxygen atoms in total. The van der Waals surface area contributed by atoms with Gasteiger partial charge in [-0.25, -0.2) is 10.3 Å². The Morgan fingerprint density at radius 1 is 1.15 bits per heavy atom. The molecule has 1 aromatic rings. The van der Waals surface area contributed by atoms with E-state index in [2.05, 4.69) is 34.5 Å². The molecule has 1 aliphatic carbocycles. The summed E-state index contributed by atoms with van der Waals surface area (Å²) in [5.74, 6) is 0. The van der Waals surface area contributed by atoms with E-state index in [-0.39, 0.29) is 31.0 Å². The molecule has 1 aliphatic rings. The maximum atomic E-state index is 9.19. The van der Waals surface area contributed by atoms with E-state index >= 15 is 0 Å². The van der Waals surface area contributed by atoms with Crippen molar-refractivity contribution < 1.29 is 39.4 Å². The minimum Gasteiger partial charge on any atom is -1.00 e. The Kier molecular flexibility index (Phi) is 5.13. The van der Waals surface area contributed by atoms with Crippen LogP contribution in [0.1, 0.15) is 12.6 Å². The van der Waals surface area contributed by atoms with Crippen LogP contribution in [0, 0.1) is 0 Å². The zero-order chi connectivity index (χ0) is 9.19. The fourth-order valence-electron chi connectivity index (χ4n) is 0.836. The summed E-state index contributed by atoms with van der Waals surface area (Å²) in [6, 6.07) is 8.53. The monoisotopic (exact) mass is 210 g/mol. The van der Waals surface area contributed by atoms with E-state index in [4.69, 9.17) is 0 Å². The van der Waals surface area contributed by atoms with Gasteiger partial charge in [-0.05, 0) is 17.5 Å². The first-order chi connectivity index (χ1) is 5.47. The van der Waals surface area contributed by atoms with E-state index < -0.39 is 10.2 Å². The van der Waals surface area contributed by atoms with Crippen molar-refractivity contribution in [2.75, 3.05) is 0 Å². The van der Waals surface area contributed by atoms with Crippen LogP contribution in [0.4, 0.5) is 0 Å². The number of nitrogens with two attached hydrogens (primary N) is 2. The first-order valence-electron chi connectivity index (χ1n) is 3.34. The second kappa shape index (κ2) is 5.09. The van der Waals surface area contributed by atoms with Crippen LogP contribution in [-0.2, 0) is 16.6 Å². The molecule has 0 atom stereocenters. The zero-order valence-electron chi connectivity index (χ0n) is 8.40. The number of hydrogen-bond donors (Lipinski definition) is 2. The first kappa shape index (κ1) is 13.1. The predicted molar refractivity (Wildman–Crippen MR) is 47.7 cm³/mol. The molecule has 0 saturated heterocycles. The van der Waals surface area contributed by atoms with Crippen molar-refractivity contribution >= 4 is 10.2 Å². The molecule has 1 aromatic carbocycles. The molecule has 0 fully saturated rings. The van der Waals surface area contributed by atoms with Crippen molar-refractivity contribution in [3.63, 3.8) is 0 Å². The number of fused-ring (bicyclic) bond motifs is 1. The molecule has 0 amide bonds. The second-order valence-electron chi connectivity index (χ2n) is 2.53. The summed E-state index contributed by atoms with van der Waals surface area (Å²) in [5, 5.41) is 8.21. The number of hydrogen-bond acceptors (Lipinski definition) is 2. The van der Waals surface area contributed by atoms with Gasteiger partial charge in [0.2, 0.25) is 0 Å². The fourth-order valence-corrected chi connectivity index (χ4v) is 0.836. The maximum absolute atomic E-state index is 9.19. The predicted octanol–water partition coefficient (Wildman–Crippen LogP) is -3.14. The van der Waals surface area contributed by atoms with Gasteiger partial charge in [-0.15, -0.1) is 0 Å². The Morgan fingerprint density at radius 2 is 1.46 bits per heavy atom. The third-order valence-electron chi connectivity index (χ3n) is 1.37. The standard InChI is InChI=1S/C7H6.H4N2O2S.Na.H/c1-2-4-7-5-6(7)3-1;1-5(2,3)4;;/h1-4H,5H2;(H4,1,2,3,4);;/q;;+1;-1. The Labute approximate surface area is 101 Å². The van der Waals surface area contributed by atoms with E-state index in [1.54, 1.807) is 0 Å². The maximum Gasteiger partial charge on any atom is 1.00 e. The van der Waals surface area contributed by atoms with Crippen molar-refractivity contribution in [2.45, 2.75) is 6.42 Å². The first-order valence-corrected chi connectivity index (χ1v) is 4.95. The van der Waals surface area contributed by atoms with Crippen molar-refractivity contribution in [3.8, 4) is 0 Å². The summed E-state index contributed by atoms with van der Waals surface area (Å²) in [6.45, 7) is 0. The van der Waals surface area contributed by atoms with Crippen LogP contribution in [0.25, 0.3) is 0 Å². The van der Waals surface area contributed by atoms with Crippen LogP contribution in [0.5, 0.6) is 0 Å². The minimum absolute atomic E-state index is 0. The third kappa shape index (κ3) is 7.18. The van der Waals surface area contributed by atoms with Gasteiger partial charge in [0.1, 0.15) is 0 Å². The van der Waals surface area contributed by atoms with E-state index in [0.29, 0.717) is 0 Å².